The molecule has 1 saturated heterocycles. The molecule has 1 aliphatic carbocycles. The van der Waals surface area contributed by atoms with Gasteiger partial charge in [-0.15, -0.1) is 11.3 Å². The van der Waals surface area contributed by atoms with Crippen molar-refractivity contribution in [3.63, 3.8) is 0 Å². The molecule has 1 amide bonds. The molecule has 1 aromatic carbocycles. The van der Waals surface area contributed by atoms with Gasteiger partial charge in [-0.05, 0) is 68.9 Å². The zero-order valence-corrected chi connectivity index (χ0v) is 20.5. The topological polar surface area (TPSA) is 48.0 Å². The molecule has 178 valence electrons. The second kappa shape index (κ2) is 10.5. The first-order valence-electron chi connectivity index (χ1n) is 12.6. The van der Waals surface area contributed by atoms with E-state index < -0.39 is 0 Å². The standard InChI is InChI=1S/C27H35NO4S/c1-19-10-11-25(33-19)21-15-22-17-28(27(29)20-7-3-2-4-8-20)12-14-31-26(22)24(16-21)32-18-23-9-5-6-13-30-23/h10-11,15-16,20,23H,2-9,12-14,17-18H2,1H3. The van der Waals surface area contributed by atoms with Gasteiger partial charge in [0.1, 0.15) is 13.2 Å². The summed E-state index contributed by atoms with van der Waals surface area (Å²) in [6.07, 6.45) is 9.13. The third-order valence-electron chi connectivity index (χ3n) is 7.09. The van der Waals surface area contributed by atoms with Crippen LogP contribution in [0.3, 0.4) is 0 Å². The number of amides is 1. The zero-order valence-electron chi connectivity index (χ0n) is 19.6. The lowest BCUT2D eigenvalue weighted by Gasteiger charge is -2.28. The van der Waals surface area contributed by atoms with E-state index in [0.717, 1.165) is 54.9 Å². The minimum atomic E-state index is 0.136. The Balaban J connectivity index is 1.42. The molecule has 0 radical (unpaired) electrons. The molecule has 33 heavy (non-hydrogen) atoms. The molecule has 2 aromatic rings. The molecule has 3 aliphatic rings. The van der Waals surface area contributed by atoms with E-state index in [9.17, 15) is 4.79 Å². The third-order valence-corrected chi connectivity index (χ3v) is 8.14. The van der Waals surface area contributed by atoms with Crippen molar-refractivity contribution in [1.29, 1.82) is 0 Å². The van der Waals surface area contributed by atoms with Crippen LogP contribution in [-0.2, 0) is 16.1 Å². The fraction of sp³-hybridized carbons (Fsp3) is 0.593. The molecule has 5 nitrogen and oxygen atoms in total. The number of ether oxygens (including phenoxy) is 3. The van der Waals surface area contributed by atoms with Crippen LogP contribution < -0.4 is 9.47 Å². The maximum absolute atomic E-state index is 13.3. The molecule has 2 fully saturated rings. The molecular formula is C27H35NO4S. The average molecular weight is 470 g/mol. The number of rotatable bonds is 5. The van der Waals surface area contributed by atoms with Gasteiger partial charge in [0, 0.05) is 34.4 Å². The van der Waals surface area contributed by atoms with Crippen molar-refractivity contribution >= 4 is 17.2 Å². The monoisotopic (exact) mass is 469 g/mol. The minimum Gasteiger partial charge on any atom is -0.487 e. The van der Waals surface area contributed by atoms with Gasteiger partial charge < -0.3 is 19.1 Å². The maximum Gasteiger partial charge on any atom is 0.226 e. The van der Waals surface area contributed by atoms with Crippen molar-refractivity contribution in [2.45, 2.75) is 70.9 Å². The van der Waals surface area contributed by atoms with Crippen molar-refractivity contribution in [1.82, 2.24) is 4.90 Å². The van der Waals surface area contributed by atoms with E-state index in [1.807, 2.05) is 4.90 Å². The number of aryl methyl sites for hydroxylation is 1. The van der Waals surface area contributed by atoms with Gasteiger partial charge in [0.05, 0.1) is 12.6 Å². The van der Waals surface area contributed by atoms with Crippen molar-refractivity contribution in [3.05, 3.63) is 34.7 Å². The van der Waals surface area contributed by atoms with Crippen LogP contribution in [0.1, 0.15) is 61.8 Å². The lowest BCUT2D eigenvalue weighted by Crippen LogP contribution is -2.37. The first kappa shape index (κ1) is 22.7. The van der Waals surface area contributed by atoms with Gasteiger partial charge in [0.2, 0.25) is 5.91 Å². The van der Waals surface area contributed by atoms with Crippen LogP contribution in [0.5, 0.6) is 11.5 Å². The van der Waals surface area contributed by atoms with Crippen LogP contribution in [0.4, 0.5) is 0 Å². The predicted molar refractivity (Wildman–Crippen MR) is 131 cm³/mol. The molecule has 1 aromatic heterocycles. The van der Waals surface area contributed by atoms with E-state index in [1.165, 1.54) is 35.4 Å². The average Bonchev–Trinajstić information content (AvgIpc) is 3.17. The van der Waals surface area contributed by atoms with Gasteiger partial charge >= 0.3 is 0 Å². The van der Waals surface area contributed by atoms with E-state index in [4.69, 9.17) is 14.2 Å². The van der Waals surface area contributed by atoms with Gasteiger partial charge in [0.15, 0.2) is 11.5 Å². The molecule has 1 unspecified atom stereocenters. The van der Waals surface area contributed by atoms with Gasteiger partial charge in [-0.3, -0.25) is 4.79 Å². The summed E-state index contributed by atoms with van der Waals surface area (Å²) >= 11 is 1.78. The van der Waals surface area contributed by atoms with Crippen LogP contribution in [0.15, 0.2) is 24.3 Å². The largest absolute Gasteiger partial charge is 0.487 e. The third kappa shape index (κ3) is 5.38. The quantitative estimate of drug-likeness (QED) is 0.541. The SMILES string of the molecule is Cc1ccc(-c2cc3c(c(OCC4CCCCO4)c2)OCCN(C(=O)C2CCCCC2)C3)s1. The summed E-state index contributed by atoms with van der Waals surface area (Å²) in [6.45, 7) is 5.19. The van der Waals surface area contributed by atoms with Crippen molar-refractivity contribution in [3.8, 4) is 21.9 Å². The van der Waals surface area contributed by atoms with Gasteiger partial charge in [-0.25, -0.2) is 0 Å². The molecular weight excluding hydrogens is 434 g/mol. The summed E-state index contributed by atoms with van der Waals surface area (Å²) in [5, 5.41) is 0. The molecule has 0 spiro atoms. The normalized spacial score (nSPS) is 21.7. The summed E-state index contributed by atoms with van der Waals surface area (Å²) in [5.74, 6) is 2.03. The molecule has 6 heteroatoms. The highest BCUT2D eigenvalue weighted by atomic mass is 32.1. The zero-order chi connectivity index (χ0) is 22.6. The summed E-state index contributed by atoms with van der Waals surface area (Å²) in [7, 11) is 0. The number of carbonyl (C=O) groups is 1. The Morgan fingerprint density at radius 2 is 1.94 bits per heavy atom. The van der Waals surface area contributed by atoms with E-state index in [2.05, 4.69) is 31.2 Å². The number of benzene rings is 1. The minimum absolute atomic E-state index is 0.136. The second-order valence-corrected chi connectivity index (χ2v) is 10.9. The molecule has 1 atom stereocenters. The predicted octanol–water partition coefficient (Wildman–Crippen LogP) is 5.97. The van der Waals surface area contributed by atoms with E-state index in [0.29, 0.717) is 32.2 Å². The first-order chi connectivity index (χ1) is 16.2. The second-order valence-electron chi connectivity index (χ2n) is 9.62. The van der Waals surface area contributed by atoms with Crippen LogP contribution in [0.25, 0.3) is 10.4 Å². The number of thiophene rings is 1. The Kier molecular flexibility index (Phi) is 7.21. The molecule has 2 aliphatic heterocycles. The highest BCUT2D eigenvalue weighted by Gasteiger charge is 2.29. The summed E-state index contributed by atoms with van der Waals surface area (Å²) < 4.78 is 18.4. The Labute approximate surface area is 201 Å². The van der Waals surface area contributed by atoms with Gasteiger partial charge in [-0.2, -0.15) is 0 Å². The Hall–Kier alpha value is -2.05. The number of carbonyl (C=O) groups excluding carboxylic acids is 1. The highest BCUT2D eigenvalue weighted by Crippen LogP contribution is 2.41. The van der Waals surface area contributed by atoms with E-state index in [1.54, 1.807) is 11.3 Å². The lowest BCUT2D eigenvalue weighted by molar-refractivity contribution is -0.137. The Bertz CT molecular complexity index is 959. The molecule has 0 N–H and O–H groups in total. The van der Waals surface area contributed by atoms with Crippen LogP contribution in [0.2, 0.25) is 0 Å². The summed E-state index contributed by atoms with van der Waals surface area (Å²) in [5.41, 5.74) is 2.17. The Morgan fingerprint density at radius 1 is 1.09 bits per heavy atom. The van der Waals surface area contributed by atoms with Crippen LogP contribution >= 0.6 is 11.3 Å². The molecule has 5 rings (SSSR count). The summed E-state index contributed by atoms with van der Waals surface area (Å²) in [4.78, 5) is 17.8. The molecule has 1 saturated carbocycles. The number of nitrogens with zero attached hydrogens (tertiary/aromatic N) is 1. The van der Waals surface area contributed by atoms with Gasteiger partial charge in [0.25, 0.3) is 0 Å². The van der Waals surface area contributed by atoms with Crippen molar-refractivity contribution < 1.29 is 19.0 Å². The number of fused-ring (bicyclic) bond motifs is 1. The molecule has 3 heterocycles. The maximum atomic E-state index is 13.3. The summed E-state index contributed by atoms with van der Waals surface area (Å²) in [6, 6.07) is 8.61. The van der Waals surface area contributed by atoms with Crippen LogP contribution in [0, 0.1) is 12.8 Å². The smallest absolute Gasteiger partial charge is 0.226 e. The highest BCUT2D eigenvalue weighted by molar-refractivity contribution is 7.15. The first-order valence-corrected chi connectivity index (χ1v) is 13.4. The molecule has 0 bridgehead atoms. The van der Waals surface area contributed by atoms with Gasteiger partial charge in [-0.1, -0.05) is 19.3 Å². The van der Waals surface area contributed by atoms with Crippen LogP contribution in [-0.4, -0.2) is 43.3 Å². The number of hydrogen-bond donors (Lipinski definition) is 0. The fourth-order valence-electron chi connectivity index (χ4n) is 5.24. The van der Waals surface area contributed by atoms with Crippen molar-refractivity contribution in [2.24, 2.45) is 5.92 Å². The fourth-order valence-corrected chi connectivity index (χ4v) is 6.10. The van der Waals surface area contributed by atoms with Crippen molar-refractivity contribution in [2.75, 3.05) is 26.4 Å². The Morgan fingerprint density at radius 3 is 2.70 bits per heavy atom. The number of hydrogen-bond acceptors (Lipinski definition) is 5. The van der Waals surface area contributed by atoms with E-state index >= 15 is 0 Å². The van der Waals surface area contributed by atoms with E-state index in [-0.39, 0.29) is 12.0 Å². The lowest BCUT2D eigenvalue weighted by atomic mass is 9.88.